The third-order valence-electron chi connectivity index (χ3n) is 7.37. The zero-order valence-corrected chi connectivity index (χ0v) is 24.0. The average molecular weight is 707 g/mol. The second kappa shape index (κ2) is 10.4. The van der Waals surface area contributed by atoms with Gasteiger partial charge in [-0.25, -0.2) is 4.98 Å². The Morgan fingerprint density at radius 1 is 0.610 bits per heavy atom. The van der Waals surface area contributed by atoms with E-state index in [2.05, 4.69) is 87.4 Å². The van der Waals surface area contributed by atoms with Crippen LogP contribution in [-0.2, 0) is 21.1 Å². The van der Waals surface area contributed by atoms with Crippen molar-refractivity contribution in [3.05, 3.63) is 140 Å². The molecule has 196 valence electrons. The normalized spacial score (nSPS) is 12.5. The first-order valence-electron chi connectivity index (χ1n) is 13.2. The van der Waals surface area contributed by atoms with Crippen LogP contribution in [-0.4, -0.2) is 17.0 Å². The summed E-state index contributed by atoms with van der Waals surface area (Å²) in [6.45, 7) is -0.110. The Balaban J connectivity index is 0.00000276. The fourth-order valence-corrected chi connectivity index (χ4v) is 5.70. The number of para-hydroxylation sites is 1. The van der Waals surface area contributed by atoms with Gasteiger partial charge in [0.05, 0.1) is 5.69 Å². The molecule has 0 amide bonds. The Bertz CT molecular complexity index is 1870. The van der Waals surface area contributed by atoms with Crippen LogP contribution in [0.25, 0.3) is 22.4 Å². The Labute approximate surface area is 253 Å². The number of nitrogens with zero attached hydrogens (tertiary/aromatic N) is 4. The standard InChI is InChI=1S/C34H21BN4O.Pt/c1-2-11-25(12-3-1)38-32-17-9-21-37-34(32)39-33-23-27(18-19-29(33)28-14-4-5-15-30(28)35(38)39)40-26-13-8-10-24(22-26)31-16-6-7-20-36-31;/h1-21H;/q-2;+2. The maximum atomic E-state index is 6.34. The van der Waals surface area contributed by atoms with Crippen LogP contribution in [0.3, 0.4) is 0 Å². The Hall–Kier alpha value is -4.67. The predicted molar refractivity (Wildman–Crippen MR) is 160 cm³/mol. The minimum Gasteiger partial charge on any atom is -0.503 e. The molecule has 4 heterocycles. The largest absolute Gasteiger partial charge is 2.00 e. The molecule has 6 aromatic rings. The summed E-state index contributed by atoms with van der Waals surface area (Å²) in [5.74, 6) is 2.11. The van der Waals surface area contributed by atoms with Gasteiger partial charge in [0.15, 0.2) is 0 Å². The molecule has 8 rings (SSSR count). The van der Waals surface area contributed by atoms with Gasteiger partial charge in [0.2, 0.25) is 0 Å². The molecule has 0 fully saturated rings. The smallest absolute Gasteiger partial charge is 0.503 e. The number of ether oxygens (including phenoxy) is 1. The molecule has 0 N–H and O–H groups in total. The SMILES string of the molecule is [Pt+2].[c-]1c(Oc2[c-]c3c(cc2)-c2ccccc2B2N(c4ccccc4)c4cccnc4N23)cccc1-c1ccccn1. The first-order valence-corrected chi connectivity index (χ1v) is 13.2. The zero-order chi connectivity index (χ0) is 26.5. The molecule has 5 nitrogen and oxygen atoms in total. The first kappa shape index (κ1) is 25.3. The summed E-state index contributed by atoms with van der Waals surface area (Å²) in [5, 5.41) is 0. The summed E-state index contributed by atoms with van der Waals surface area (Å²) >= 11 is 0. The van der Waals surface area contributed by atoms with Crippen molar-refractivity contribution in [3.63, 3.8) is 0 Å². The van der Waals surface area contributed by atoms with E-state index in [9.17, 15) is 0 Å². The predicted octanol–water partition coefficient (Wildman–Crippen LogP) is 7.20. The van der Waals surface area contributed by atoms with E-state index in [-0.39, 0.29) is 28.0 Å². The van der Waals surface area contributed by atoms with Crippen LogP contribution in [0, 0.1) is 12.1 Å². The molecule has 0 saturated heterocycles. The Morgan fingerprint density at radius 3 is 2.29 bits per heavy atom. The summed E-state index contributed by atoms with van der Waals surface area (Å²) in [4.78, 5) is 13.9. The van der Waals surface area contributed by atoms with E-state index >= 15 is 0 Å². The van der Waals surface area contributed by atoms with E-state index in [1.54, 1.807) is 6.20 Å². The van der Waals surface area contributed by atoms with Crippen LogP contribution in [0.15, 0.2) is 128 Å². The van der Waals surface area contributed by atoms with Gasteiger partial charge in [-0.1, -0.05) is 71.9 Å². The third-order valence-corrected chi connectivity index (χ3v) is 7.37. The van der Waals surface area contributed by atoms with Gasteiger partial charge in [-0.15, -0.1) is 41.5 Å². The van der Waals surface area contributed by atoms with Crippen LogP contribution >= 0.6 is 0 Å². The van der Waals surface area contributed by atoms with E-state index in [0.29, 0.717) is 11.5 Å². The molecule has 0 saturated carbocycles. The van der Waals surface area contributed by atoms with Crippen molar-refractivity contribution in [1.82, 2.24) is 9.97 Å². The number of aromatic nitrogens is 2. The topological polar surface area (TPSA) is 41.5 Å². The van der Waals surface area contributed by atoms with Gasteiger partial charge in [0, 0.05) is 29.6 Å². The molecule has 41 heavy (non-hydrogen) atoms. The molecular weight excluding hydrogens is 686 g/mol. The van der Waals surface area contributed by atoms with Crippen molar-refractivity contribution in [2.45, 2.75) is 0 Å². The number of hydrogen-bond acceptors (Lipinski definition) is 5. The van der Waals surface area contributed by atoms with Gasteiger partial charge in [0.1, 0.15) is 5.82 Å². The molecule has 0 aliphatic carbocycles. The summed E-state index contributed by atoms with van der Waals surface area (Å²) in [6.07, 6.45) is 3.63. The number of hydrogen-bond donors (Lipinski definition) is 0. The number of rotatable bonds is 4. The van der Waals surface area contributed by atoms with Gasteiger partial charge < -0.3 is 19.3 Å². The van der Waals surface area contributed by atoms with Crippen LogP contribution in [0.4, 0.5) is 22.9 Å². The molecular formula is C34H21BN4OPt. The monoisotopic (exact) mass is 707 g/mol. The van der Waals surface area contributed by atoms with Gasteiger partial charge in [-0.2, -0.15) is 6.07 Å². The minimum atomic E-state index is -0.110. The Morgan fingerprint density at radius 2 is 1.41 bits per heavy atom. The number of fused-ring (bicyclic) bond motifs is 8. The fourth-order valence-electron chi connectivity index (χ4n) is 5.70. The maximum absolute atomic E-state index is 6.34. The van der Waals surface area contributed by atoms with E-state index in [1.165, 1.54) is 11.0 Å². The van der Waals surface area contributed by atoms with Crippen molar-refractivity contribution in [2.75, 3.05) is 9.62 Å². The van der Waals surface area contributed by atoms with Crippen LogP contribution in [0.5, 0.6) is 11.5 Å². The van der Waals surface area contributed by atoms with Crippen molar-refractivity contribution in [1.29, 1.82) is 0 Å². The molecule has 0 atom stereocenters. The van der Waals surface area contributed by atoms with Crippen molar-refractivity contribution in [3.8, 4) is 33.9 Å². The van der Waals surface area contributed by atoms with Crippen molar-refractivity contribution >= 4 is 35.3 Å². The van der Waals surface area contributed by atoms with Gasteiger partial charge in [-0.05, 0) is 41.5 Å². The van der Waals surface area contributed by atoms with Gasteiger partial charge >= 0.3 is 28.0 Å². The van der Waals surface area contributed by atoms with Crippen molar-refractivity contribution in [2.24, 2.45) is 0 Å². The van der Waals surface area contributed by atoms with Gasteiger partial charge in [0.25, 0.3) is 0 Å². The molecule has 2 aliphatic rings. The summed E-state index contributed by atoms with van der Waals surface area (Å²) in [5.41, 5.74) is 8.31. The molecule has 4 aromatic carbocycles. The molecule has 2 aliphatic heterocycles. The third kappa shape index (κ3) is 4.23. The number of pyridine rings is 2. The van der Waals surface area contributed by atoms with Crippen molar-refractivity contribution < 1.29 is 25.8 Å². The van der Waals surface area contributed by atoms with E-state index < -0.39 is 0 Å². The average Bonchev–Trinajstić information content (AvgIpc) is 3.38. The van der Waals surface area contributed by atoms with Crippen LogP contribution in [0.1, 0.15) is 0 Å². The number of benzene rings is 4. The van der Waals surface area contributed by atoms with E-state index in [1.807, 2.05) is 60.8 Å². The molecule has 0 radical (unpaired) electrons. The first-order chi connectivity index (χ1) is 19.8. The number of anilines is 4. The second-order valence-electron chi connectivity index (χ2n) is 9.71. The quantitative estimate of drug-likeness (QED) is 0.143. The molecule has 2 aromatic heterocycles. The molecule has 0 unspecified atom stereocenters. The second-order valence-corrected chi connectivity index (χ2v) is 9.71. The van der Waals surface area contributed by atoms with Gasteiger partial charge in [-0.3, -0.25) is 0 Å². The zero-order valence-electron chi connectivity index (χ0n) is 21.7. The summed E-state index contributed by atoms with van der Waals surface area (Å²) in [6, 6.07) is 45.9. The molecule has 0 spiro atoms. The van der Waals surface area contributed by atoms with E-state index in [4.69, 9.17) is 9.72 Å². The molecule has 0 bridgehead atoms. The summed E-state index contributed by atoms with van der Waals surface area (Å²) < 4.78 is 6.34. The maximum Gasteiger partial charge on any atom is 2.00 e. The van der Waals surface area contributed by atoms with Crippen LogP contribution in [0.2, 0.25) is 0 Å². The van der Waals surface area contributed by atoms with Crippen LogP contribution < -0.4 is 19.8 Å². The minimum absolute atomic E-state index is 0. The fraction of sp³-hybridized carbons (Fsp3) is 0. The summed E-state index contributed by atoms with van der Waals surface area (Å²) in [7, 11) is 0. The Kier molecular flexibility index (Phi) is 6.41. The molecule has 7 heteroatoms. The van der Waals surface area contributed by atoms with E-state index in [0.717, 1.165) is 39.7 Å².